The molecule has 2 aromatic rings. The van der Waals surface area contributed by atoms with Crippen LogP contribution in [-0.4, -0.2) is 7.05 Å². The highest BCUT2D eigenvalue weighted by molar-refractivity contribution is 9.10. The molecule has 2 nitrogen and oxygen atoms in total. The topological polar surface area (TPSA) is 21.3 Å². The van der Waals surface area contributed by atoms with Crippen LogP contribution in [0.2, 0.25) is 0 Å². The van der Waals surface area contributed by atoms with Gasteiger partial charge in [-0.3, -0.25) is 0 Å². The Morgan fingerprint density at radius 2 is 1.95 bits per heavy atom. The molecule has 1 N–H and O–H groups in total. The summed E-state index contributed by atoms with van der Waals surface area (Å²) in [7, 11) is 1.91. The molecule has 0 bridgehead atoms. The standard InChI is InChI=1S/C16H17BrFNO/c1-11-3-6-16(13(7-11)9-19-2)20-10-12-4-5-14(18)8-15(12)17/h3-8,19H,9-10H2,1-2H3. The minimum absolute atomic E-state index is 0.258. The van der Waals surface area contributed by atoms with Crippen molar-refractivity contribution in [2.24, 2.45) is 0 Å². The molecule has 0 saturated carbocycles. The fourth-order valence-corrected chi connectivity index (χ4v) is 2.44. The molecule has 0 spiro atoms. The average Bonchev–Trinajstić information content (AvgIpc) is 2.40. The Bertz CT molecular complexity index is 601. The molecule has 0 saturated heterocycles. The van der Waals surface area contributed by atoms with Gasteiger partial charge in [-0.25, -0.2) is 4.39 Å². The second kappa shape index (κ2) is 6.86. The van der Waals surface area contributed by atoms with Crippen molar-refractivity contribution in [2.45, 2.75) is 20.1 Å². The average molecular weight is 338 g/mol. The fourth-order valence-electron chi connectivity index (χ4n) is 1.97. The van der Waals surface area contributed by atoms with Gasteiger partial charge < -0.3 is 10.1 Å². The predicted octanol–water partition coefficient (Wildman–Crippen LogP) is 4.20. The SMILES string of the molecule is CNCc1cc(C)ccc1OCc1ccc(F)cc1Br. The quantitative estimate of drug-likeness (QED) is 0.882. The molecule has 20 heavy (non-hydrogen) atoms. The number of rotatable bonds is 5. The van der Waals surface area contributed by atoms with Crippen LogP contribution in [-0.2, 0) is 13.2 Å². The number of hydrogen-bond acceptors (Lipinski definition) is 2. The van der Waals surface area contributed by atoms with Gasteiger partial charge in [0, 0.05) is 22.1 Å². The molecule has 0 fully saturated rings. The Morgan fingerprint density at radius 1 is 1.15 bits per heavy atom. The summed E-state index contributed by atoms with van der Waals surface area (Å²) in [6.45, 7) is 3.21. The first kappa shape index (κ1) is 15.0. The summed E-state index contributed by atoms with van der Waals surface area (Å²) in [4.78, 5) is 0. The van der Waals surface area contributed by atoms with Crippen molar-refractivity contribution in [3.05, 3.63) is 63.4 Å². The van der Waals surface area contributed by atoms with Crippen molar-refractivity contribution < 1.29 is 9.13 Å². The van der Waals surface area contributed by atoms with Gasteiger partial charge in [0.25, 0.3) is 0 Å². The summed E-state index contributed by atoms with van der Waals surface area (Å²) in [6.07, 6.45) is 0. The van der Waals surface area contributed by atoms with Gasteiger partial charge in [0.15, 0.2) is 0 Å². The van der Waals surface area contributed by atoms with Crippen LogP contribution in [0.5, 0.6) is 5.75 Å². The largest absolute Gasteiger partial charge is 0.489 e. The first-order valence-corrected chi connectivity index (χ1v) is 7.20. The Hall–Kier alpha value is -1.39. The maximum atomic E-state index is 13.0. The number of aryl methyl sites for hydroxylation is 1. The highest BCUT2D eigenvalue weighted by Crippen LogP contribution is 2.24. The third kappa shape index (κ3) is 3.81. The zero-order chi connectivity index (χ0) is 14.5. The molecular formula is C16H17BrFNO. The van der Waals surface area contributed by atoms with Crippen molar-refractivity contribution in [1.29, 1.82) is 0 Å². The molecule has 0 aliphatic rings. The summed E-state index contributed by atoms with van der Waals surface area (Å²) >= 11 is 3.35. The second-order valence-electron chi connectivity index (χ2n) is 4.67. The van der Waals surface area contributed by atoms with E-state index in [9.17, 15) is 4.39 Å². The summed E-state index contributed by atoms with van der Waals surface area (Å²) in [5.74, 6) is 0.591. The van der Waals surface area contributed by atoms with Crippen LogP contribution in [0.4, 0.5) is 4.39 Å². The van der Waals surface area contributed by atoms with E-state index in [-0.39, 0.29) is 5.82 Å². The summed E-state index contributed by atoms with van der Waals surface area (Å²) in [5.41, 5.74) is 3.23. The van der Waals surface area contributed by atoms with E-state index in [1.165, 1.54) is 17.7 Å². The highest BCUT2D eigenvalue weighted by atomic mass is 79.9. The van der Waals surface area contributed by atoms with E-state index in [1.54, 1.807) is 6.07 Å². The van der Waals surface area contributed by atoms with Gasteiger partial charge in [-0.1, -0.05) is 39.7 Å². The lowest BCUT2D eigenvalue weighted by Gasteiger charge is -2.13. The minimum Gasteiger partial charge on any atom is -0.489 e. The predicted molar refractivity (Wildman–Crippen MR) is 82.4 cm³/mol. The van der Waals surface area contributed by atoms with Gasteiger partial charge >= 0.3 is 0 Å². The van der Waals surface area contributed by atoms with Crippen molar-refractivity contribution in [3.63, 3.8) is 0 Å². The van der Waals surface area contributed by atoms with E-state index in [1.807, 2.05) is 19.2 Å². The zero-order valence-electron chi connectivity index (χ0n) is 11.5. The zero-order valence-corrected chi connectivity index (χ0v) is 13.1. The van der Waals surface area contributed by atoms with Gasteiger partial charge in [-0.2, -0.15) is 0 Å². The van der Waals surface area contributed by atoms with E-state index in [4.69, 9.17) is 4.74 Å². The van der Waals surface area contributed by atoms with Crippen molar-refractivity contribution in [3.8, 4) is 5.75 Å². The van der Waals surface area contributed by atoms with Crippen LogP contribution >= 0.6 is 15.9 Å². The fraction of sp³-hybridized carbons (Fsp3) is 0.250. The number of nitrogens with one attached hydrogen (secondary N) is 1. The van der Waals surface area contributed by atoms with E-state index >= 15 is 0 Å². The molecule has 2 aromatic carbocycles. The molecule has 0 heterocycles. The van der Waals surface area contributed by atoms with Crippen LogP contribution < -0.4 is 10.1 Å². The Labute approximate surface area is 127 Å². The van der Waals surface area contributed by atoms with E-state index in [0.717, 1.165) is 27.9 Å². The molecule has 106 valence electrons. The first-order chi connectivity index (χ1) is 9.60. The van der Waals surface area contributed by atoms with E-state index < -0.39 is 0 Å². The lowest BCUT2D eigenvalue weighted by atomic mass is 10.1. The van der Waals surface area contributed by atoms with Crippen LogP contribution in [0.1, 0.15) is 16.7 Å². The Kier molecular flexibility index (Phi) is 5.15. The van der Waals surface area contributed by atoms with Gasteiger partial charge in [0.2, 0.25) is 0 Å². The number of hydrogen-bond donors (Lipinski definition) is 1. The van der Waals surface area contributed by atoms with Crippen LogP contribution in [0.15, 0.2) is 40.9 Å². The molecule has 2 rings (SSSR count). The maximum absolute atomic E-state index is 13.0. The van der Waals surface area contributed by atoms with Crippen LogP contribution in [0.3, 0.4) is 0 Å². The van der Waals surface area contributed by atoms with E-state index in [2.05, 4.69) is 34.2 Å². The molecule has 0 aromatic heterocycles. The third-order valence-corrected chi connectivity index (χ3v) is 3.72. The van der Waals surface area contributed by atoms with Crippen molar-refractivity contribution >= 4 is 15.9 Å². The summed E-state index contributed by atoms with van der Waals surface area (Å²) in [6, 6.07) is 10.7. The number of ether oxygens (including phenoxy) is 1. The highest BCUT2D eigenvalue weighted by Gasteiger charge is 2.06. The number of benzene rings is 2. The summed E-state index contributed by atoms with van der Waals surface area (Å²) < 4.78 is 19.6. The second-order valence-corrected chi connectivity index (χ2v) is 5.52. The van der Waals surface area contributed by atoms with Gasteiger partial charge in [0.05, 0.1) is 0 Å². The lowest BCUT2D eigenvalue weighted by Crippen LogP contribution is -2.08. The van der Waals surface area contributed by atoms with Crippen molar-refractivity contribution in [1.82, 2.24) is 5.32 Å². The Balaban J connectivity index is 2.14. The third-order valence-electron chi connectivity index (χ3n) is 2.98. The molecule has 0 atom stereocenters. The van der Waals surface area contributed by atoms with Gasteiger partial charge in [0.1, 0.15) is 18.2 Å². The smallest absolute Gasteiger partial charge is 0.124 e. The molecule has 0 aliphatic heterocycles. The lowest BCUT2D eigenvalue weighted by molar-refractivity contribution is 0.301. The maximum Gasteiger partial charge on any atom is 0.124 e. The minimum atomic E-state index is -0.258. The monoisotopic (exact) mass is 337 g/mol. The molecule has 4 heteroatoms. The van der Waals surface area contributed by atoms with Crippen LogP contribution in [0.25, 0.3) is 0 Å². The molecule has 0 radical (unpaired) electrons. The first-order valence-electron chi connectivity index (χ1n) is 6.41. The van der Waals surface area contributed by atoms with E-state index in [0.29, 0.717) is 6.61 Å². The molecule has 0 unspecified atom stereocenters. The number of halogens is 2. The molecular weight excluding hydrogens is 321 g/mol. The molecule has 0 amide bonds. The molecule has 0 aliphatic carbocycles. The van der Waals surface area contributed by atoms with Crippen molar-refractivity contribution in [2.75, 3.05) is 7.05 Å². The normalized spacial score (nSPS) is 10.6. The van der Waals surface area contributed by atoms with Gasteiger partial charge in [-0.05, 0) is 32.2 Å². The summed E-state index contributed by atoms with van der Waals surface area (Å²) in [5, 5.41) is 3.13. The Morgan fingerprint density at radius 3 is 2.65 bits per heavy atom. The van der Waals surface area contributed by atoms with Gasteiger partial charge in [-0.15, -0.1) is 0 Å². The van der Waals surface area contributed by atoms with Crippen LogP contribution in [0, 0.1) is 12.7 Å².